The second kappa shape index (κ2) is 4.79. The standard InChI is InChI=1S/C12H14BrClN4/c1-17-3-2-9(7-17)18-11(5-14)16-10-4-8(13)6-15-12(10)18/h4,6,9H,2-3,5,7H2,1H3. The highest BCUT2D eigenvalue weighted by atomic mass is 79.9. The molecule has 0 N–H and O–H groups in total. The summed E-state index contributed by atoms with van der Waals surface area (Å²) in [6, 6.07) is 2.43. The van der Waals surface area contributed by atoms with Crippen LogP contribution in [0.2, 0.25) is 0 Å². The number of likely N-dealkylation sites (N-methyl/N-ethyl adjacent to an activating group) is 1. The Balaban J connectivity index is 2.13. The highest BCUT2D eigenvalue weighted by Gasteiger charge is 2.25. The molecule has 96 valence electrons. The van der Waals surface area contributed by atoms with Crippen LogP contribution < -0.4 is 0 Å². The molecule has 3 heterocycles. The summed E-state index contributed by atoms with van der Waals surface area (Å²) in [5, 5.41) is 0. The van der Waals surface area contributed by atoms with E-state index < -0.39 is 0 Å². The molecular formula is C12H14BrClN4. The molecule has 0 bridgehead atoms. The number of hydrogen-bond acceptors (Lipinski definition) is 3. The van der Waals surface area contributed by atoms with Gasteiger partial charge in [0, 0.05) is 17.2 Å². The molecule has 1 fully saturated rings. The first-order valence-corrected chi connectivity index (χ1v) is 7.28. The van der Waals surface area contributed by atoms with Gasteiger partial charge in [-0.25, -0.2) is 9.97 Å². The molecule has 1 aliphatic rings. The zero-order valence-electron chi connectivity index (χ0n) is 10.1. The van der Waals surface area contributed by atoms with Gasteiger partial charge in [-0.1, -0.05) is 0 Å². The predicted octanol–water partition coefficient (Wildman–Crippen LogP) is 2.81. The minimum Gasteiger partial charge on any atom is -0.307 e. The quantitative estimate of drug-likeness (QED) is 0.795. The van der Waals surface area contributed by atoms with Gasteiger partial charge < -0.3 is 9.47 Å². The van der Waals surface area contributed by atoms with E-state index in [4.69, 9.17) is 11.6 Å². The molecule has 1 aliphatic heterocycles. The van der Waals surface area contributed by atoms with Crippen LogP contribution in [0.15, 0.2) is 16.7 Å². The highest BCUT2D eigenvalue weighted by molar-refractivity contribution is 9.10. The van der Waals surface area contributed by atoms with E-state index in [-0.39, 0.29) is 0 Å². The molecule has 18 heavy (non-hydrogen) atoms. The Morgan fingerprint density at radius 1 is 1.56 bits per heavy atom. The Morgan fingerprint density at radius 3 is 3.06 bits per heavy atom. The maximum Gasteiger partial charge on any atom is 0.160 e. The van der Waals surface area contributed by atoms with Gasteiger partial charge in [-0.3, -0.25) is 0 Å². The van der Waals surface area contributed by atoms with Crippen molar-refractivity contribution in [2.24, 2.45) is 0 Å². The molecule has 1 atom stereocenters. The number of imidazole rings is 1. The van der Waals surface area contributed by atoms with E-state index in [9.17, 15) is 0 Å². The molecule has 0 spiro atoms. The van der Waals surface area contributed by atoms with Crippen molar-refractivity contribution in [1.82, 2.24) is 19.4 Å². The molecule has 0 aromatic carbocycles. The van der Waals surface area contributed by atoms with Crippen molar-refractivity contribution in [2.75, 3.05) is 20.1 Å². The summed E-state index contributed by atoms with van der Waals surface area (Å²) >= 11 is 9.45. The third kappa shape index (κ3) is 2.04. The fraction of sp³-hybridized carbons (Fsp3) is 0.500. The molecule has 1 unspecified atom stereocenters. The summed E-state index contributed by atoms with van der Waals surface area (Å²) in [5.41, 5.74) is 1.85. The van der Waals surface area contributed by atoms with Gasteiger partial charge in [-0.15, -0.1) is 11.6 Å². The summed E-state index contributed by atoms with van der Waals surface area (Å²) in [5.74, 6) is 1.34. The maximum atomic E-state index is 6.02. The van der Waals surface area contributed by atoms with Gasteiger partial charge in [-0.05, 0) is 42.0 Å². The van der Waals surface area contributed by atoms with E-state index in [0.29, 0.717) is 11.9 Å². The molecule has 2 aromatic rings. The molecule has 0 aliphatic carbocycles. The van der Waals surface area contributed by atoms with Crippen LogP contribution in [0.25, 0.3) is 11.2 Å². The fourth-order valence-electron chi connectivity index (χ4n) is 2.60. The van der Waals surface area contributed by atoms with Crippen LogP contribution in [-0.2, 0) is 5.88 Å². The number of rotatable bonds is 2. The largest absolute Gasteiger partial charge is 0.307 e. The van der Waals surface area contributed by atoms with Crippen molar-refractivity contribution < 1.29 is 0 Å². The van der Waals surface area contributed by atoms with Crippen LogP contribution in [0.4, 0.5) is 0 Å². The normalized spacial score (nSPS) is 20.9. The number of hydrogen-bond donors (Lipinski definition) is 0. The van der Waals surface area contributed by atoms with Crippen molar-refractivity contribution >= 4 is 38.7 Å². The second-order valence-electron chi connectivity index (χ2n) is 4.73. The Labute approximate surface area is 119 Å². The van der Waals surface area contributed by atoms with Crippen LogP contribution in [0, 0.1) is 0 Å². The van der Waals surface area contributed by atoms with Gasteiger partial charge in [0.25, 0.3) is 0 Å². The Kier molecular flexibility index (Phi) is 3.30. The number of nitrogens with zero attached hydrogens (tertiary/aromatic N) is 4. The first-order valence-electron chi connectivity index (χ1n) is 5.96. The smallest absolute Gasteiger partial charge is 0.160 e. The summed E-state index contributed by atoms with van der Waals surface area (Å²) in [6.07, 6.45) is 2.95. The Bertz CT molecular complexity index is 583. The van der Waals surface area contributed by atoms with Crippen molar-refractivity contribution in [3.8, 4) is 0 Å². The van der Waals surface area contributed by atoms with E-state index in [1.54, 1.807) is 0 Å². The predicted molar refractivity (Wildman–Crippen MR) is 75.9 cm³/mol. The lowest BCUT2D eigenvalue weighted by molar-refractivity contribution is 0.392. The zero-order valence-corrected chi connectivity index (χ0v) is 12.4. The van der Waals surface area contributed by atoms with E-state index >= 15 is 0 Å². The maximum absolute atomic E-state index is 6.02. The number of likely N-dealkylation sites (tertiary alicyclic amines) is 1. The number of aromatic nitrogens is 3. The van der Waals surface area contributed by atoms with Crippen LogP contribution >= 0.6 is 27.5 Å². The summed E-state index contributed by atoms with van der Waals surface area (Å²) < 4.78 is 3.16. The number of halogens is 2. The zero-order chi connectivity index (χ0) is 12.7. The van der Waals surface area contributed by atoms with Crippen molar-refractivity contribution in [3.05, 3.63) is 22.6 Å². The highest BCUT2D eigenvalue weighted by Crippen LogP contribution is 2.28. The van der Waals surface area contributed by atoms with Gasteiger partial charge in [-0.2, -0.15) is 0 Å². The van der Waals surface area contributed by atoms with E-state index in [1.807, 2.05) is 12.3 Å². The monoisotopic (exact) mass is 328 g/mol. The first kappa shape index (κ1) is 12.4. The van der Waals surface area contributed by atoms with Gasteiger partial charge in [0.2, 0.25) is 0 Å². The lowest BCUT2D eigenvalue weighted by Gasteiger charge is -2.15. The van der Waals surface area contributed by atoms with Crippen molar-refractivity contribution in [2.45, 2.75) is 18.3 Å². The molecule has 2 aromatic heterocycles. The van der Waals surface area contributed by atoms with Crippen molar-refractivity contribution in [1.29, 1.82) is 0 Å². The van der Waals surface area contributed by atoms with E-state index in [0.717, 1.165) is 41.0 Å². The van der Waals surface area contributed by atoms with E-state index in [2.05, 4.69) is 42.4 Å². The Morgan fingerprint density at radius 2 is 2.39 bits per heavy atom. The second-order valence-corrected chi connectivity index (χ2v) is 5.92. The summed E-state index contributed by atoms with van der Waals surface area (Å²) in [6.45, 7) is 2.15. The first-order chi connectivity index (χ1) is 8.69. The van der Waals surface area contributed by atoms with Crippen LogP contribution in [0.3, 0.4) is 0 Å². The van der Waals surface area contributed by atoms with E-state index in [1.165, 1.54) is 0 Å². The van der Waals surface area contributed by atoms with Gasteiger partial charge in [0.15, 0.2) is 5.65 Å². The van der Waals surface area contributed by atoms with Crippen molar-refractivity contribution in [3.63, 3.8) is 0 Å². The average molecular weight is 330 g/mol. The summed E-state index contributed by atoms with van der Waals surface area (Å²) in [7, 11) is 2.14. The molecule has 4 nitrogen and oxygen atoms in total. The minimum atomic E-state index is 0.425. The lowest BCUT2D eigenvalue weighted by atomic mass is 10.2. The van der Waals surface area contributed by atoms with Gasteiger partial charge in [0.05, 0.1) is 11.9 Å². The Hall–Kier alpha value is -0.650. The fourth-order valence-corrected chi connectivity index (χ4v) is 3.11. The number of fused-ring (bicyclic) bond motifs is 1. The number of alkyl halides is 1. The minimum absolute atomic E-state index is 0.425. The third-order valence-electron chi connectivity index (χ3n) is 3.42. The van der Waals surface area contributed by atoms with Gasteiger partial charge in [0.1, 0.15) is 11.3 Å². The SMILES string of the molecule is CN1CCC(n2c(CCl)nc3cc(Br)cnc32)C1. The van der Waals surface area contributed by atoms with Crippen LogP contribution in [0.5, 0.6) is 0 Å². The molecule has 3 rings (SSSR count). The molecule has 0 radical (unpaired) electrons. The van der Waals surface area contributed by atoms with Crippen LogP contribution in [0.1, 0.15) is 18.3 Å². The molecular weight excluding hydrogens is 316 g/mol. The third-order valence-corrected chi connectivity index (χ3v) is 4.09. The van der Waals surface area contributed by atoms with Crippen LogP contribution in [-0.4, -0.2) is 39.6 Å². The molecule has 1 saturated heterocycles. The average Bonchev–Trinajstić information content (AvgIpc) is 2.91. The lowest BCUT2D eigenvalue weighted by Crippen LogP contribution is -2.17. The summed E-state index contributed by atoms with van der Waals surface area (Å²) in [4.78, 5) is 11.4. The number of pyridine rings is 1. The molecule has 0 saturated carbocycles. The topological polar surface area (TPSA) is 34.0 Å². The van der Waals surface area contributed by atoms with Gasteiger partial charge >= 0.3 is 0 Å². The molecule has 0 amide bonds. The molecule has 6 heteroatoms.